The first kappa shape index (κ1) is 21.9. The Morgan fingerprint density at radius 1 is 1.18 bits per heavy atom. The molecule has 0 atom stereocenters. The number of aromatic nitrogens is 5. The van der Waals surface area contributed by atoms with Gasteiger partial charge in [0.05, 0.1) is 5.69 Å². The van der Waals surface area contributed by atoms with Crippen LogP contribution in [-0.2, 0) is 24.9 Å². The molecule has 1 aliphatic heterocycles. The summed E-state index contributed by atoms with van der Waals surface area (Å²) in [6, 6.07) is 10.1. The number of anilines is 2. The van der Waals surface area contributed by atoms with Crippen molar-refractivity contribution in [2.75, 3.05) is 11.9 Å². The number of nitrogens with one attached hydrogen (secondary N) is 2. The highest BCUT2D eigenvalue weighted by Crippen LogP contribution is 2.25. The van der Waals surface area contributed by atoms with Crippen molar-refractivity contribution in [1.82, 2.24) is 29.6 Å². The van der Waals surface area contributed by atoms with E-state index in [-0.39, 0.29) is 17.5 Å². The van der Waals surface area contributed by atoms with Gasteiger partial charge in [-0.25, -0.2) is 14.3 Å². The SMILES string of the molecule is C#CCn1c(=O)c2cnc(Nc3ccc4c(c3)CCNC4)nc2n1-c1ccnc(C(C)(C)C)c1. The summed E-state index contributed by atoms with van der Waals surface area (Å²) < 4.78 is 3.27. The molecule has 8 nitrogen and oxygen atoms in total. The molecular formula is C26H27N7O. The molecular weight excluding hydrogens is 426 g/mol. The Kier molecular flexibility index (Phi) is 5.42. The second kappa shape index (κ2) is 8.43. The summed E-state index contributed by atoms with van der Waals surface area (Å²) in [6.45, 7) is 8.26. The Bertz CT molecular complexity index is 1480. The predicted molar refractivity (Wildman–Crippen MR) is 134 cm³/mol. The molecule has 2 N–H and O–H groups in total. The van der Waals surface area contributed by atoms with Gasteiger partial charge in [0.15, 0.2) is 5.65 Å². The number of terminal acetylenes is 1. The molecule has 0 fully saturated rings. The van der Waals surface area contributed by atoms with Crippen LogP contribution in [0.3, 0.4) is 0 Å². The minimum atomic E-state index is -0.227. The van der Waals surface area contributed by atoms with E-state index in [2.05, 4.69) is 59.4 Å². The average molecular weight is 454 g/mol. The zero-order chi connectivity index (χ0) is 23.9. The molecule has 3 aromatic heterocycles. The lowest BCUT2D eigenvalue weighted by Gasteiger charge is -2.19. The fraction of sp³-hybridized carbons (Fsp3) is 0.308. The quantitative estimate of drug-likeness (QED) is 0.461. The van der Waals surface area contributed by atoms with Gasteiger partial charge in [-0.2, -0.15) is 4.98 Å². The third-order valence-corrected chi connectivity index (χ3v) is 6.02. The number of fused-ring (bicyclic) bond motifs is 2. The lowest BCUT2D eigenvalue weighted by Crippen LogP contribution is -2.23. The molecule has 0 spiro atoms. The molecule has 0 amide bonds. The highest BCUT2D eigenvalue weighted by molar-refractivity contribution is 5.77. The minimum absolute atomic E-state index is 0.115. The average Bonchev–Trinajstić information content (AvgIpc) is 3.10. The molecule has 8 heteroatoms. The van der Waals surface area contributed by atoms with Gasteiger partial charge < -0.3 is 10.6 Å². The second-order valence-electron chi connectivity index (χ2n) is 9.49. The van der Waals surface area contributed by atoms with E-state index in [1.165, 1.54) is 15.8 Å². The standard InChI is InChI=1S/C26H27N7O/c1-5-12-32-24(34)21-16-29-25(30-19-7-6-18-15-27-10-8-17(18)13-19)31-23(21)33(32)20-9-11-28-22(14-20)26(2,3)4/h1,6-7,9,11,13-14,16,27H,8,10,12,15H2,2-4H3,(H,29,30,31). The van der Waals surface area contributed by atoms with E-state index in [4.69, 9.17) is 11.4 Å². The van der Waals surface area contributed by atoms with Gasteiger partial charge in [0, 0.05) is 35.7 Å². The van der Waals surface area contributed by atoms with Crippen molar-refractivity contribution in [3.05, 3.63) is 69.9 Å². The van der Waals surface area contributed by atoms with Crippen LogP contribution in [0.5, 0.6) is 0 Å². The van der Waals surface area contributed by atoms with Gasteiger partial charge in [-0.1, -0.05) is 32.8 Å². The third-order valence-electron chi connectivity index (χ3n) is 6.02. The van der Waals surface area contributed by atoms with Gasteiger partial charge in [-0.15, -0.1) is 6.42 Å². The predicted octanol–water partition coefficient (Wildman–Crippen LogP) is 3.30. The van der Waals surface area contributed by atoms with E-state index < -0.39 is 0 Å². The summed E-state index contributed by atoms with van der Waals surface area (Å²) in [5.74, 6) is 3.00. The number of rotatable bonds is 4. The van der Waals surface area contributed by atoms with Crippen LogP contribution < -0.4 is 16.2 Å². The normalized spacial score (nSPS) is 13.5. The van der Waals surface area contributed by atoms with E-state index in [1.807, 2.05) is 18.2 Å². The summed E-state index contributed by atoms with van der Waals surface area (Å²) in [6.07, 6.45) is 9.89. The van der Waals surface area contributed by atoms with Gasteiger partial charge in [0.25, 0.3) is 5.56 Å². The van der Waals surface area contributed by atoms with Crippen molar-refractivity contribution in [3.63, 3.8) is 0 Å². The van der Waals surface area contributed by atoms with Crippen LogP contribution in [-0.4, -0.2) is 30.9 Å². The fourth-order valence-electron chi connectivity index (χ4n) is 4.23. The fourth-order valence-corrected chi connectivity index (χ4v) is 4.23. The zero-order valence-corrected chi connectivity index (χ0v) is 19.6. The van der Waals surface area contributed by atoms with Crippen LogP contribution in [0, 0.1) is 12.3 Å². The highest BCUT2D eigenvalue weighted by atomic mass is 16.1. The van der Waals surface area contributed by atoms with Crippen LogP contribution in [0.1, 0.15) is 37.6 Å². The molecule has 34 heavy (non-hydrogen) atoms. The van der Waals surface area contributed by atoms with E-state index >= 15 is 0 Å². The number of nitrogens with zero attached hydrogens (tertiary/aromatic N) is 5. The largest absolute Gasteiger partial charge is 0.324 e. The first-order chi connectivity index (χ1) is 16.3. The van der Waals surface area contributed by atoms with Crippen molar-refractivity contribution in [1.29, 1.82) is 0 Å². The highest BCUT2D eigenvalue weighted by Gasteiger charge is 2.20. The van der Waals surface area contributed by atoms with Gasteiger partial charge in [-0.05, 0) is 48.4 Å². The Morgan fingerprint density at radius 2 is 2.03 bits per heavy atom. The Hall–Kier alpha value is -3.96. The number of benzene rings is 1. The van der Waals surface area contributed by atoms with Crippen LogP contribution in [0.4, 0.5) is 11.6 Å². The maximum Gasteiger partial charge on any atom is 0.279 e. The van der Waals surface area contributed by atoms with Crippen molar-refractivity contribution in [3.8, 4) is 18.0 Å². The first-order valence-corrected chi connectivity index (χ1v) is 11.3. The number of hydrogen-bond donors (Lipinski definition) is 2. The number of pyridine rings is 1. The van der Waals surface area contributed by atoms with Crippen LogP contribution >= 0.6 is 0 Å². The van der Waals surface area contributed by atoms with Gasteiger partial charge in [-0.3, -0.25) is 9.78 Å². The third kappa shape index (κ3) is 3.95. The summed E-state index contributed by atoms with van der Waals surface area (Å²) in [5, 5.41) is 7.09. The van der Waals surface area contributed by atoms with Crippen molar-refractivity contribution in [2.45, 2.75) is 45.7 Å². The Labute approximate surface area is 198 Å². The topological polar surface area (TPSA) is 89.7 Å². The Morgan fingerprint density at radius 3 is 2.82 bits per heavy atom. The first-order valence-electron chi connectivity index (χ1n) is 11.3. The molecule has 0 bridgehead atoms. The van der Waals surface area contributed by atoms with E-state index in [0.717, 1.165) is 36.6 Å². The maximum atomic E-state index is 13.1. The molecule has 0 saturated carbocycles. The summed E-state index contributed by atoms with van der Waals surface area (Å²) >= 11 is 0. The van der Waals surface area contributed by atoms with Crippen molar-refractivity contribution >= 4 is 22.7 Å². The zero-order valence-electron chi connectivity index (χ0n) is 19.6. The molecule has 4 heterocycles. The van der Waals surface area contributed by atoms with E-state index in [1.54, 1.807) is 17.1 Å². The number of hydrogen-bond acceptors (Lipinski definition) is 6. The molecule has 5 rings (SSSR count). The summed E-state index contributed by atoms with van der Waals surface area (Å²) in [5.41, 5.74) is 5.32. The minimum Gasteiger partial charge on any atom is -0.324 e. The molecule has 0 aliphatic carbocycles. The molecule has 0 saturated heterocycles. The van der Waals surface area contributed by atoms with Crippen molar-refractivity contribution < 1.29 is 0 Å². The van der Waals surface area contributed by atoms with E-state index in [0.29, 0.717) is 17.0 Å². The summed E-state index contributed by atoms with van der Waals surface area (Å²) in [7, 11) is 0. The molecule has 1 aromatic carbocycles. The van der Waals surface area contributed by atoms with E-state index in [9.17, 15) is 4.79 Å². The lowest BCUT2D eigenvalue weighted by molar-refractivity contribution is 0.564. The van der Waals surface area contributed by atoms with Crippen LogP contribution in [0.25, 0.3) is 16.7 Å². The Balaban J connectivity index is 1.62. The molecule has 0 radical (unpaired) electrons. The van der Waals surface area contributed by atoms with Gasteiger partial charge in [0.1, 0.15) is 11.9 Å². The monoisotopic (exact) mass is 453 g/mol. The second-order valence-corrected chi connectivity index (χ2v) is 9.49. The molecule has 0 unspecified atom stereocenters. The van der Waals surface area contributed by atoms with Crippen LogP contribution in [0.2, 0.25) is 0 Å². The maximum absolute atomic E-state index is 13.1. The molecule has 172 valence electrons. The van der Waals surface area contributed by atoms with Gasteiger partial charge in [0.2, 0.25) is 5.95 Å². The lowest BCUT2D eigenvalue weighted by atomic mass is 9.91. The molecule has 4 aromatic rings. The summed E-state index contributed by atoms with van der Waals surface area (Å²) in [4.78, 5) is 26.8. The van der Waals surface area contributed by atoms with Crippen LogP contribution in [0.15, 0.2) is 47.5 Å². The molecule has 1 aliphatic rings. The smallest absolute Gasteiger partial charge is 0.279 e. The van der Waals surface area contributed by atoms with Crippen molar-refractivity contribution in [2.24, 2.45) is 0 Å². The van der Waals surface area contributed by atoms with Gasteiger partial charge >= 0.3 is 0 Å².